The highest BCUT2D eigenvalue weighted by Gasteiger charge is 2.32. The van der Waals surface area contributed by atoms with Crippen LogP contribution in [0.5, 0.6) is 0 Å². The van der Waals surface area contributed by atoms with Crippen molar-refractivity contribution < 1.29 is 9.90 Å². The van der Waals surface area contributed by atoms with Gasteiger partial charge in [0.05, 0.1) is 12.1 Å². The Bertz CT molecular complexity index is 433. The molecule has 1 aliphatic rings. The molecule has 1 aliphatic heterocycles. The van der Waals surface area contributed by atoms with Crippen LogP contribution < -0.4 is 5.32 Å². The number of hydrogen-bond donors (Lipinski definition) is 2. The Balaban J connectivity index is 1.95. The largest absolute Gasteiger partial charge is 0.393 e. The van der Waals surface area contributed by atoms with Gasteiger partial charge < -0.3 is 10.4 Å². The van der Waals surface area contributed by atoms with E-state index < -0.39 is 0 Å². The summed E-state index contributed by atoms with van der Waals surface area (Å²) >= 11 is 0. The average molecular weight is 276 g/mol. The Kier molecular flexibility index (Phi) is 5.15. The lowest BCUT2D eigenvalue weighted by atomic mass is 10.1. The third-order valence-corrected chi connectivity index (χ3v) is 3.95. The molecule has 110 valence electrons. The van der Waals surface area contributed by atoms with Crippen molar-refractivity contribution in [2.75, 3.05) is 11.9 Å². The number of likely N-dealkylation sites (tertiary alicyclic amines) is 1. The predicted octanol–water partition coefficient (Wildman–Crippen LogP) is 2.25. The molecule has 2 N–H and O–H groups in total. The van der Waals surface area contributed by atoms with Gasteiger partial charge in [-0.25, -0.2) is 0 Å². The Morgan fingerprint density at radius 3 is 2.75 bits per heavy atom. The molecule has 1 amide bonds. The van der Waals surface area contributed by atoms with Gasteiger partial charge in [0.1, 0.15) is 0 Å². The molecule has 1 aromatic rings. The second-order valence-corrected chi connectivity index (χ2v) is 5.65. The second-order valence-electron chi connectivity index (χ2n) is 5.65. The molecule has 1 heterocycles. The molecular weight excluding hydrogens is 252 g/mol. The van der Waals surface area contributed by atoms with Gasteiger partial charge in [-0.1, -0.05) is 18.2 Å². The van der Waals surface area contributed by atoms with Gasteiger partial charge in [-0.2, -0.15) is 0 Å². The van der Waals surface area contributed by atoms with Crippen LogP contribution in [0.2, 0.25) is 0 Å². The van der Waals surface area contributed by atoms with E-state index in [-0.39, 0.29) is 18.1 Å². The maximum atomic E-state index is 12.3. The van der Waals surface area contributed by atoms with Crippen molar-refractivity contribution in [2.45, 2.75) is 51.3 Å². The van der Waals surface area contributed by atoms with Crippen LogP contribution in [0, 0.1) is 0 Å². The van der Waals surface area contributed by atoms with Crippen LogP contribution in [-0.2, 0) is 4.79 Å². The molecule has 0 spiro atoms. The molecule has 0 bridgehead atoms. The number of rotatable bonds is 5. The molecular formula is C16H24N2O2. The number of nitrogens with zero attached hydrogens (tertiary/aromatic N) is 1. The third-order valence-electron chi connectivity index (χ3n) is 3.95. The molecule has 0 saturated carbocycles. The van der Waals surface area contributed by atoms with Gasteiger partial charge in [-0.15, -0.1) is 0 Å². The molecule has 0 aliphatic carbocycles. The molecule has 20 heavy (non-hydrogen) atoms. The number of aliphatic hydroxyl groups is 1. The molecule has 1 fully saturated rings. The first-order valence-electron chi connectivity index (χ1n) is 7.37. The predicted molar refractivity (Wildman–Crippen MR) is 80.6 cm³/mol. The van der Waals surface area contributed by atoms with Crippen LogP contribution in [0.15, 0.2) is 30.3 Å². The SMILES string of the molecule is CC(O)CC1CCCN1C(C)C(=O)Nc1ccccc1. The van der Waals surface area contributed by atoms with Gasteiger partial charge >= 0.3 is 0 Å². The fourth-order valence-corrected chi connectivity index (χ4v) is 2.93. The summed E-state index contributed by atoms with van der Waals surface area (Å²) in [4.78, 5) is 14.5. The first-order chi connectivity index (χ1) is 9.58. The lowest BCUT2D eigenvalue weighted by Crippen LogP contribution is -2.45. The van der Waals surface area contributed by atoms with E-state index >= 15 is 0 Å². The zero-order valence-electron chi connectivity index (χ0n) is 12.2. The number of anilines is 1. The van der Waals surface area contributed by atoms with Crippen LogP contribution in [0.1, 0.15) is 33.1 Å². The summed E-state index contributed by atoms with van der Waals surface area (Å²) in [7, 11) is 0. The lowest BCUT2D eigenvalue weighted by Gasteiger charge is -2.30. The summed E-state index contributed by atoms with van der Waals surface area (Å²) in [6, 6.07) is 9.67. The van der Waals surface area contributed by atoms with E-state index in [1.54, 1.807) is 0 Å². The second kappa shape index (κ2) is 6.86. The number of carbonyl (C=O) groups excluding carboxylic acids is 1. The zero-order valence-corrected chi connectivity index (χ0v) is 12.2. The van der Waals surface area contributed by atoms with E-state index in [1.807, 2.05) is 44.2 Å². The fraction of sp³-hybridized carbons (Fsp3) is 0.562. The van der Waals surface area contributed by atoms with E-state index in [2.05, 4.69) is 10.2 Å². The Labute approximate surface area is 120 Å². The number of aliphatic hydroxyl groups excluding tert-OH is 1. The van der Waals surface area contributed by atoms with E-state index in [0.29, 0.717) is 6.04 Å². The van der Waals surface area contributed by atoms with Gasteiger partial charge in [0.15, 0.2) is 0 Å². The molecule has 2 rings (SSSR count). The summed E-state index contributed by atoms with van der Waals surface area (Å²) in [6.07, 6.45) is 2.59. The molecule has 4 heteroatoms. The number of benzene rings is 1. The normalized spacial score (nSPS) is 22.4. The minimum absolute atomic E-state index is 0.0219. The quantitative estimate of drug-likeness (QED) is 0.867. The smallest absolute Gasteiger partial charge is 0.241 e. The van der Waals surface area contributed by atoms with Gasteiger partial charge in [-0.3, -0.25) is 9.69 Å². The van der Waals surface area contributed by atoms with E-state index in [4.69, 9.17) is 0 Å². The molecule has 1 saturated heterocycles. The minimum Gasteiger partial charge on any atom is -0.393 e. The monoisotopic (exact) mass is 276 g/mol. The highest BCUT2D eigenvalue weighted by molar-refractivity contribution is 5.94. The summed E-state index contributed by atoms with van der Waals surface area (Å²) in [5, 5.41) is 12.5. The Morgan fingerprint density at radius 1 is 1.40 bits per heavy atom. The molecule has 0 aromatic heterocycles. The van der Waals surface area contributed by atoms with Crippen molar-refractivity contribution in [1.82, 2.24) is 4.90 Å². The maximum absolute atomic E-state index is 12.3. The molecule has 0 radical (unpaired) electrons. The number of hydrogen-bond acceptors (Lipinski definition) is 3. The molecule has 3 atom stereocenters. The van der Waals surface area contributed by atoms with Crippen LogP contribution >= 0.6 is 0 Å². The van der Waals surface area contributed by atoms with Crippen LogP contribution in [-0.4, -0.2) is 40.6 Å². The van der Waals surface area contributed by atoms with Crippen molar-refractivity contribution >= 4 is 11.6 Å². The Hall–Kier alpha value is -1.39. The van der Waals surface area contributed by atoms with Crippen molar-refractivity contribution in [3.8, 4) is 0 Å². The van der Waals surface area contributed by atoms with Crippen molar-refractivity contribution in [2.24, 2.45) is 0 Å². The van der Waals surface area contributed by atoms with Crippen LogP contribution in [0.25, 0.3) is 0 Å². The summed E-state index contributed by atoms with van der Waals surface area (Å²) < 4.78 is 0. The minimum atomic E-state index is -0.315. The van der Waals surface area contributed by atoms with E-state index in [9.17, 15) is 9.90 Å². The first kappa shape index (κ1) is 15.0. The van der Waals surface area contributed by atoms with Gasteiger partial charge in [0.2, 0.25) is 5.91 Å². The van der Waals surface area contributed by atoms with Crippen LogP contribution in [0.4, 0.5) is 5.69 Å². The lowest BCUT2D eigenvalue weighted by molar-refractivity contribution is -0.121. The maximum Gasteiger partial charge on any atom is 0.241 e. The van der Waals surface area contributed by atoms with Crippen molar-refractivity contribution in [1.29, 1.82) is 0 Å². The third kappa shape index (κ3) is 3.81. The topological polar surface area (TPSA) is 52.6 Å². The fourth-order valence-electron chi connectivity index (χ4n) is 2.93. The van der Waals surface area contributed by atoms with E-state index in [1.165, 1.54) is 0 Å². The standard InChI is InChI=1S/C16H24N2O2/c1-12(19)11-15-9-6-10-18(15)13(2)16(20)17-14-7-4-3-5-8-14/h3-5,7-8,12-13,15,19H,6,9-11H2,1-2H3,(H,17,20). The number of amides is 1. The van der Waals surface area contributed by atoms with Gasteiger partial charge in [0, 0.05) is 11.7 Å². The first-order valence-corrected chi connectivity index (χ1v) is 7.37. The van der Waals surface area contributed by atoms with Gasteiger partial charge in [0.25, 0.3) is 0 Å². The van der Waals surface area contributed by atoms with Crippen molar-refractivity contribution in [3.63, 3.8) is 0 Å². The average Bonchev–Trinajstić information content (AvgIpc) is 2.86. The molecule has 3 unspecified atom stereocenters. The van der Waals surface area contributed by atoms with Crippen molar-refractivity contribution in [3.05, 3.63) is 30.3 Å². The molecule has 1 aromatic carbocycles. The summed E-state index contributed by atoms with van der Waals surface area (Å²) in [5.41, 5.74) is 0.829. The Morgan fingerprint density at radius 2 is 2.10 bits per heavy atom. The zero-order chi connectivity index (χ0) is 14.5. The van der Waals surface area contributed by atoms with Crippen LogP contribution in [0.3, 0.4) is 0 Å². The van der Waals surface area contributed by atoms with Gasteiger partial charge in [-0.05, 0) is 51.8 Å². The highest BCUT2D eigenvalue weighted by atomic mass is 16.3. The summed E-state index contributed by atoms with van der Waals surface area (Å²) in [5.74, 6) is 0.0219. The van der Waals surface area contributed by atoms with E-state index in [0.717, 1.165) is 31.5 Å². The highest BCUT2D eigenvalue weighted by Crippen LogP contribution is 2.24. The molecule has 4 nitrogen and oxygen atoms in total. The number of para-hydroxylation sites is 1. The number of nitrogens with one attached hydrogen (secondary N) is 1. The summed E-state index contributed by atoms with van der Waals surface area (Å²) in [6.45, 7) is 4.69. The number of carbonyl (C=O) groups is 1.